The summed E-state index contributed by atoms with van der Waals surface area (Å²) in [5, 5.41) is 5.51. The summed E-state index contributed by atoms with van der Waals surface area (Å²) in [4.78, 5) is 13.0. The quantitative estimate of drug-likeness (QED) is 0.527. The zero-order chi connectivity index (χ0) is 22.5. The standard InChI is InChI=1S/C26H31NO4/c1-7-16(2)26(28)27-24(19-14-21(29-4)25(31-6)22(15-19)30-5)23-17(3)12-13-18-10-8-9-11-20(18)23/h8-16,24H,7H2,1-6H3,(H,27,28). The van der Waals surface area contributed by atoms with Gasteiger partial charge in [-0.3, -0.25) is 4.79 Å². The van der Waals surface area contributed by atoms with Crippen molar-refractivity contribution in [1.29, 1.82) is 0 Å². The Bertz CT molecular complexity index is 1050. The number of amides is 1. The molecule has 3 rings (SSSR count). The molecule has 1 amide bonds. The smallest absolute Gasteiger partial charge is 0.223 e. The number of hydrogen-bond acceptors (Lipinski definition) is 4. The number of ether oxygens (including phenoxy) is 3. The molecule has 0 aliphatic rings. The molecule has 0 aliphatic carbocycles. The molecular weight excluding hydrogens is 390 g/mol. The number of methoxy groups -OCH3 is 3. The minimum Gasteiger partial charge on any atom is -0.493 e. The summed E-state index contributed by atoms with van der Waals surface area (Å²) in [6.45, 7) is 6.03. The van der Waals surface area contributed by atoms with E-state index in [0.29, 0.717) is 17.2 Å². The lowest BCUT2D eigenvalue weighted by atomic mass is 9.89. The fourth-order valence-electron chi connectivity index (χ4n) is 3.85. The van der Waals surface area contributed by atoms with E-state index in [2.05, 4.69) is 36.5 Å². The third kappa shape index (κ3) is 4.46. The Labute approximate surface area is 184 Å². The molecule has 3 aromatic rings. The highest BCUT2D eigenvalue weighted by molar-refractivity contribution is 5.89. The molecule has 31 heavy (non-hydrogen) atoms. The van der Waals surface area contributed by atoms with Gasteiger partial charge < -0.3 is 19.5 Å². The van der Waals surface area contributed by atoms with Crippen LogP contribution in [-0.4, -0.2) is 27.2 Å². The number of aryl methyl sites for hydroxylation is 1. The molecule has 0 saturated carbocycles. The van der Waals surface area contributed by atoms with Crippen LogP contribution in [0.2, 0.25) is 0 Å². The summed E-state index contributed by atoms with van der Waals surface area (Å²) in [6, 6.07) is 15.9. The van der Waals surface area contributed by atoms with Crippen molar-refractivity contribution in [1.82, 2.24) is 5.32 Å². The highest BCUT2D eigenvalue weighted by Gasteiger charge is 2.26. The Balaban J connectivity index is 2.27. The number of rotatable bonds is 8. The Morgan fingerprint density at radius 1 is 0.968 bits per heavy atom. The van der Waals surface area contributed by atoms with Gasteiger partial charge in [0, 0.05) is 5.92 Å². The zero-order valence-electron chi connectivity index (χ0n) is 19.1. The highest BCUT2D eigenvalue weighted by atomic mass is 16.5. The number of fused-ring (bicyclic) bond motifs is 1. The molecule has 0 fully saturated rings. The van der Waals surface area contributed by atoms with E-state index in [1.54, 1.807) is 21.3 Å². The van der Waals surface area contributed by atoms with E-state index < -0.39 is 0 Å². The van der Waals surface area contributed by atoms with Gasteiger partial charge in [-0.1, -0.05) is 50.2 Å². The number of carbonyl (C=O) groups excluding carboxylic acids is 1. The molecule has 1 N–H and O–H groups in total. The average Bonchev–Trinajstić information content (AvgIpc) is 2.81. The average molecular weight is 422 g/mol. The van der Waals surface area contributed by atoms with Gasteiger partial charge >= 0.3 is 0 Å². The van der Waals surface area contributed by atoms with Gasteiger partial charge in [0.15, 0.2) is 11.5 Å². The molecule has 0 bridgehead atoms. The molecule has 0 saturated heterocycles. The number of benzene rings is 3. The van der Waals surface area contributed by atoms with Crippen LogP contribution in [0.3, 0.4) is 0 Å². The van der Waals surface area contributed by atoms with Gasteiger partial charge in [0.1, 0.15) is 0 Å². The maximum absolute atomic E-state index is 13.0. The van der Waals surface area contributed by atoms with Crippen LogP contribution in [0.15, 0.2) is 48.5 Å². The molecule has 0 aliphatic heterocycles. The van der Waals surface area contributed by atoms with E-state index in [9.17, 15) is 4.79 Å². The normalized spacial score (nSPS) is 12.8. The third-order valence-electron chi connectivity index (χ3n) is 5.84. The summed E-state index contributed by atoms with van der Waals surface area (Å²) in [7, 11) is 4.77. The molecular formula is C26H31NO4. The monoisotopic (exact) mass is 421 g/mol. The Morgan fingerprint density at radius 2 is 1.61 bits per heavy atom. The van der Waals surface area contributed by atoms with Gasteiger partial charge in [-0.05, 0) is 52.9 Å². The Morgan fingerprint density at radius 3 is 2.19 bits per heavy atom. The van der Waals surface area contributed by atoms with E-state index in [1.165, 1.54) is 0 Å². The van der Waals surface area contributed by atoms with Crippen molar-refractivity contribution >= 4 is 16.7 Å². The zero-order valence-corrected chi connectivity index (χ0v) is 19.1. The van der Waals surface area contributed by atoms with Crippen molar-refractivity contribution in [2.45, 2.75) is 33.2 Å². The molecule has 0 spiro atoms. The minimum atomic E-state index is -0.374. The second kappa shape index (κ2) is 9.73. The molecule has 2 atom stereocenters. The largest absolute Gasteiger partial charge is 0.493 e. The Kier molecular flexibility index (Phi) is 7.06. The molecule has 5 heteroatoms. The third-order valence-corrected chi connectivity index (χ3v) is 5.84. The number of carbonyl (C=O) groups is 1. The van der Waals surface area contributed by atoms with Crippen molar-refractivity contribution in [3.05, 3.63) is 65.2 Å². The maximum atomic E-state index is 13.0. The summed E-state index contributed by atoms with van der Waals surface area (Å²) >= 11 is 0. The van der Waals surface area contributed by atoms with Crippen LogP contribution in [0.4, 0.5) is 0 Å². The first-order valence-corrected chi connectivity index (χ1v) is 10.5. The first-order valence-electron chi connectivity index (χ1n) is 10.5. The molecule has 0 radical (unpaired) electrons. The van der Waals surface area contributed by atoms with Crippen molar-refractivity contribution in [3.63, 3.8) is 0 Å². The van der Waals surface area contributed by atoms with Gasteiger partial charge in [0.05, 0.1) is 27.4 Å². The minimum absolute atomic E-state index is 0.00795. The molecule has 0 aromatic heterocycles. The predicted molar refractivity (Wildman–Crippen MR) is 124 cm³/mol. The molecule has 0 heterocycles. The van der Waals surface area contributed by atoms with Gasteiger partial charge in [-0.15, -0.1) is 0 Å². The molecule has 5 nitrogen and oxygen atoms in total. The van der Waals surface area contributed by atoms with E-state index in [4.69, 9.17) is 14.2 Å². The summed E-state index contributed by atoms with van der Waals surface area (Å²) in [6.07, 6.45) is 0.766. The lowest BCUT2D eigenvalue weighted by Gasteiger charge is -2.26. The van der Waals surface area contributed by atoms with E-state index >= 15 is 0 Å². The van der Waals surface area contributed by atoms with Gasteiger partial charge in [0.25, 0.3) is 0 Å². The number of hydrogen-bond donors (Lipinski definition) is 1. The van der Waals surface area contributed by atoms with E-state index in [-0.39, 0.29) is 17.9 Å². The van der Waals surface area contributed by atoms with E-state index in [0.717, 1.165) is 33.9 Å². The topological polar surface area (TPSA) is 56.8 Å². The van der Waals surface area contributed by atoms with Crippen LogP contribution in [0.5, 0.6) is 17.2 Å². The SMILES string of the molecule is CCC(C)C(=O)NC(c1cc(OC)c(OC)c(OC)c1)c1c(C)ccc2ccccc12. The summed E-state index contributed by atoms with van der Waals surface area (Å²) in [5.74, 6) is 1.54. The lowest BCUT2D eigenvalue weighted by Crippen LogP contribution is -2.33. The maximum Gasteiger partial charge on any atom is 0.223 e. The van der Waals surface area contributed by atoms with Crippen molar-refractivity contribution in [3.8, 4) is 17.2 Å². The molecule has 3 aromatic carbocycles. The number of nitrogens with one attached hydrogen (secondary N) is 1. The Hall–Kier alpha value is -3.21. The summed E-state index contributed by atoms with van der Waals surface area (Å²) < 4.78 is 16.7. The van der Waals surface area contributed by atoms with Crippen LogP contribution in [-0.2, 0) is 4.79 Å². The van der Waals surface area contributed by atoms with Gasteiger partial charge in [-0.2, -0.15) is 0 Å². The first-order chi connectivity index (χ1) is 14.9. The fourth-order valence-corrected chi connectivity index (χ4v) is 3.85. The second-order valence-electron chi connectivity index (χ2n) is 7.73. The van der Waals surface area contributed by atoms with Crippen molar-refractivity contribution in [2.75, 3.05) is 21.3 Å². The van der Waals surface area contributed by atoms with Crippen molar-refractivity contribution in [2.24, 2.45) is 5.92 Å². The highest BCUT2D eigenvalue weighted by Crippen LogP contribution is 2.42. The molecule has 2 unspecified atom stereocenters. The van der Waals surface area contributed by atoms with E-state index in [1.807, 2.05) is 38.1 Å². The first kappa shape index (κ1) is 22.5. The fraction of sp³-hybridized carbons (Fsp3) is 0.346. The van der Waals surface area contributed by atoms with Gasteiger partial charge in [0.2, 0.25) is 11.7 Å². The van der Waals surface area contributed by atoms with Crippen LogP contribution in [0, 0.1) is 12.8 Å². The van der Waals surface area contributed by atoms with Crippen LogP contribution < -0.4 is 19.5 Å². The van der Waals surface area contributed by atoms with Crippen LogP contribution in [0.25, 0.3) is 10.8 Å². The van der Waals surface area contributed by atoms with Gasteiger partial charge in [-0.25, -0.2) is 0 Å². The van der Waals surface area contributed by atoms with Crippen LogP contribution >= 0.6 is 0 Å². The second-order valence-corrected chi connectivity index (χ2v) is 7.73. The van der Waals surface area contributed by atoms with Crippen molar-refractivity contribution < 1.29 is 19.0 Å². The lowest BCUT2D eigenvalue weighted by molar-refractivity contribution is -0.125. The van der Waals surface area contributed by atoms with Crippen LogP contribution in [0.1, 0.15) is 43.0 Å². The molecule has 164 valence electrons. The summed E-state index contributed by atoms with van der Waals surface area (Å²) in [5.41, 5.74) is 3.02. The predicted octanol–water partition coefficient (Wildman–Crippen LogP) is 5.43.